The third kappa shape index (κ3) is 4.76. The average molecular weight is 370 g/mol. The lowest BCUT2D eigenvalue weighted by atomic mass is 9.77. The van der Waals surface area contributed by atoms with Gasteiger partial charge in [0.15, 0.2) is 0 Å². The minimum absolute atomic E-state index is 0.0430. The molecule has 3 rings (SSSR count). The Labute approximate surface area is 159 Å². The summed E-state index contributed by atoms with van der Waals surface area (Å²) in [5.41, 5.74) is 2.73. The number of allylic oxidation sites excluding steroid dienone is 1. The highest BCUT2D eigenvalue weighted by Crippen LogP contribution is 2.35. The minimum Gasteiger partial charge on any atom is -0.338 e. The smallest absolute Gasteiger partial charge is 0.315 e. The minimum atomic E-state index is -0.258. The highest BCUT2D eigenvalue weighted by atomic mass is 19.1. The van der Waals surface area contributed by atoms with Gasteiger partial charge in [-0.25, -0.2) is 13.9 Å². The molecule has 2 amide bonds. The number of halogens is 1. The van der Waals surface area contributed by atoms with Gasteiger partial charge in [-0.05, 0) is 74.9 Å². The first-order valence-electron chi connectivity index (χ1n) is 9.23. The Bertz CT molecular complexity index is 848. The van der Waals surface area contributed by atoms with Crippen molar-refractivity contribution < 1.29 is 9.18 Å². The summed E-state index contributed by atoms with van der Waals surface area (Å²) in [7, 11) is 0. The fraction of sp³-hybridized carbons (Fsp3) is 0.429. The number of nitrogens with one attached hydrogen (secondary N) is 2. The van der Waals surface area contributed by atoms with Crippen molar-refractivity contribution in [2.24, 2.45) is 5.41 Å². The van der Waals surface area contributed by atoms with E-state index in [-0.39, 0.29) is 22.8 Å². The quantitative estimate of drug-likeness (QED) is 0.852. The number of carbonyl (C=O) groups is 1. The Balaban J connectivity index is 1.64. The third-order valence-corrected chi connectivity index (χ3v) is 4.67. The van der Waals surface area contributed by atoms with Crippen LogP contribution in [0.1, 0.15) is 45.4 Å². The Hall–Kier alpha value is -2.63. The number of aromatic nitrogens is 2. The molecule has 1 aromatic carbocycles. The van der Waals surface area contributed by atoms with E-state index in [0.29, 0.717) is 6.54 Å². The summed E-state index contributed by atoms with van der Waals surface area (Å²) in [6.07, 6.45) is 7.82. The van der Waals surface area contributed by atoms with E-state index < -0.39 is 0 Å². The number of urea groups is 1. The molecule has 1 aliphatic carbocycles. The number of carbonyl (C=O) groups excluding carboxylic acids is 1. The van der Waals surface area contributed by atoms with Crippen LogP contribution in [0.25, 0.3) is 11.8 Å². The number of hydrogen-bond acceptors (Lipinski definition) is 2. The van der Waals surface area contributed by atoms with Crippen molar-refractivity contribution in [1.82, 2.24) is 20.4 Å². The molecular weight excluding hydrogens is 343 g/mol. The molecule has 5 nitrogen and oxygen atoms in total. The first kappa shape index (κ1) is 19.1. The van der Waals surface area contributed by atoms with Crippen LogP contribution in [-0.2, 0) is 6.42 Å². The predicted octanol–water partition coefficient (Wildman–Crippen LogP) is 4.07. The molecule has 0 saturated heterocycles. The van der Waals surface area contributed by atoms with Crippen molar-refractivity contribution in [3.63, 3.8) is 0 Å². The normalized spacial score (nSPS) is 18.9. The van der Waals surface area contributed by atoms with Crippen molar-refractivity contribution in [2.45, 2.75) is 46.1 Å². The summed E-state index contributed by atoms with van der Waals surface area (Å²) < 4.78 is 15.0. The van der Waals surface area contributed by atoms with E-state index in [1.807, 2.05) is 31.6 Å². The van der Waals surface area contributed by atoms with Crippen molar-refractivity contribution in [3.05, 3.63) is 53.6 Å². The van der Waals surface area contributed by atoms with Gasteiger partial charge in [-0.2, -0.15) is 5.10 Å². The van der Waals surface area contributed by atoms with Gasteiger partial charge in [0.05, 0.1) is 17.6 Å². The van der Waals surface area contributed by atoms with Crippen molar-refractivity contribution in [2.75, 3.05) is 6.54 Å². The largest absolute Gasteiger partial charge is 0.338 e. The van der Waals surface area contributed by atoms with Gasteiger partial charge < -0.3 is 10.6 Å². The van der Waals surface area contributed by atoms with Crippen molar-refractivity contribution >= 4 is 12.1 Å². The van der Waals surface area contributed by atoms with Crippen LogP contribution in [0.4, 0.5) is 9.18 Å². The van der Waals surface area contributed by atoms with Crippen LogP contribution in [0, 0.1) is 11.2 Å². The second kappa shape index (κ2) is 7.18. The Morgan fingerprint density at radius 3 is 2.67 bits per heavy atom. The summed E-state index contributed by atoms with van der Waals surface area (Å²) >= 11 is 0. The number of fused-ring (bicyclic) bond motifs is 1. The molecular formula is C21H27FN4O. The fourth-order valence-electron chi connectivity index (χ4n) is 3.29. The molecule has 0 bridgehead atoms. The first-order chi connectivity index (χ1) is 12.7. The van der Waals surface area contributed by atoms with Gasteiger partial charge in [0.2, 0.25) is 0 Å². The summed E-state index contributed by atoms with van der Waals surface area (Å²) in [6.45, 7) is 8.66. The van der Waals surface area contributed by atoms with Crippen LogP contribution in [0.5, 0.6) is 0 Å². The topological polar surface area (TPSA) is 59.0 Å². The molecule has 0 spiro atoms. The lowest BCUT2D eigenvalue weighted by molar-refractivity contribution is 0.230. The van der Waals surface area contributed by atoms with Crippen LogP contribution < -0.4 is 10.6 Å². The van der Waals surface area contributed by atoms with Crippen LogP contribution in [0.2, 0.25) is 0 Å². The van der Waals surface area contributed by atoms with E-state index in [2.05, 4.69) is 34.8 Å². The zero-order valence-corrected chi connectivity index (χ0v) is 16.3. The molecule has 6 heteroatoms. The molecule has 144 valence electrons. The van der Waals surface area contributed by atoms with Crippen LogP contribution >= 0.6 is 0 Å². The van der Waals surface area contributed by atoms with Gasteiger partial charge in [-0.15, -0.1) is 0 Å². The summed E-state index contributed by atoms with van der Waals surface area (Å²) in [6, 6.07) is 6.18. The number of hydrogen-bond donors (Lipinski definition) is 2. The van der Waals surface area contributed by atoms with Gasteiger partial charge >= 0.3 is 6.03 Å². The van der Waals surface area contributed by atoms with Gasteiger partial charge in [0.1, 0.15) is 5.82 Å². The van der Waals surface area contributed by atoms with Gasteiger partial charge in [0.25, 0.3) is 0 Å². The summed E-state index contributed by atoms with van der Waals surface area (Å²) in [5, 5.41) is 10.3. The molecule has 1 aliphatic rings. The molecule has 2 aromatic rings. The van der Waals surface area contributed by atoms with E-state index in [1.54, 1.807) is 12.1 Å². The monoisotopic (exact) mass is 370 g/mol. The predicted molar refractivity (Wildman–Crippen MR) is 105 cm³/mol. The van der Waals surface area contributed by atoms with Crippen LogP contribution in [-0.4, -0.2) is 27.9 Å². The first-order valence-corrected chi connectivity index (χ1v) is 9.23. The SMILES string of the molecule is CC1(CCNC(=O)NC(C)(C)C)C=Cc2c(cnn2-c2ccc(F)cc2)C1. The Morgan fingerprint density at radius 2 is 2.00 bits per heavy atom. The average Bonchev–Trinajstić information content (AvgIpc) is 2.96. The van der Waals surface area contributed by atoms with Gasteiger partial charge in [-0.3, -0.25) is 0 Å². The molecule has 1 unspecified atom stereocenters. The number of amides is 2. The Morgan fingerprint density at radius 1 is 1.30 bits per heavy atom. The van der Waals surface area contributed by atoms with Crippen molar-refractivity contribution in [1.29, 1.82) is 0 Å². The van der Waals surface area contributed by atoms with Crippen LogP contribution in [0.3, 0.4) is 0 Å². The summed E-state index contributed by atoms with van der Waals surface area (Å²) in [4.78, 5) is 11.9. The molecule has 27 heavy (non-hydrogen) atoms. The highest BCUT2D eigenvalue weighted by Gasteiger charge is 2.28. The maximum Gasteiger partial charge on any atom is 0.315 e. The van der Waals surface area contributed by atoms with Crippen molar-refractivity contribution in [3.8, 4) is 5.69 Å². The fourth-order valence-corrected chi connectivity index (χ4v) is 3.29. The van der Waals surface area contributed by atoms with E-state index in [1.165, 1.54) is 12.1 Å². The molecule has 0 radical (unpaired) electrons. The third-order valence-electron chi connectivity index (χ3n) is 4.67. The second-order valence-corrected chi connectivity index (χ2v) is 8.49. The number of benzene rings is 1. The maximum absolute atomic E-state index is 13.2. The number of nitrogens with zero attached hydrogens (tertiary/aromatic N) is 2. The zero-order chi connectivity index (χ0) is 19.7. The lowest BCUT2D eigenvalue weighted by Gasteiger charge is -2.29. The zero-order valence-electron chi connectivity index (χ0n) is 16.3. The van der Waals surface area contributed by atoms with E-state index >= 15 is 0 Å². The molecule has 1 aromatic heterocycles. The van der Waals surface area contributed by atoms with E-state index in [0.717, 1.165) is 29.8 Å². The second-order valence-electron chi connectivity index (χ2n) is 8.49. The van der Waals surface area contributed by atoms with E-state index in [9.17, 15) is 9.18 Å². The standard InChI is InChI=1S/C21H27FN4O/c1-20(2,3)25-19(27)23-12-11-21(4)10-9-18-15(13-21)14-24-26(18)17-7-5-16(22)6-8-17/h5-10,14H,11-13H2,1-4H3,(H2,23,25,27). The molecule has 1 heterocycles. The van der Waals surface area contributed by atoms with E-state index in [4.69, 9.17) is 0 Å². The molecule has 0 fully saturated rings. The summed E-state index contributed by atoms with van der Waals surface area (Å²) in [5.74, 6) is -0.258. The molecule has 0 saturated carbocycles. The number of rotatable bonds is 4. The highest BCUT2D eigenvalue weighted by molar-refractivity contribution is 5.74. The van der Waals surface area contributed by atoms with Gasteiger partial charge in [-0.1, -0.05) is 13.0 Å². The van der Waals surface area contributed by atoms with Crippen LogP contribution in [0.15, 0.2) is 36.5 Å². The molecule has 2 N–H and O–H groups in total. The van der Waals surface area contributed by atoms with Gasteiger partial charge in [0, 0.05) is 12.1 Å². The maximum atomic E-state index is 13.2. The molecule has 1 atom stereocenters. The lowest BCUT2D eigenvalue weighted by Crippen LogP contribution is -2.47. The Kier molecular flexibility index (Phi) is 5.09. The molecule has 0 aliphatic heterocycles.